The highest BCUT2D eigenvalue weighted by Gasteiger charge is 2.08. The molecule has 3 aromatic rings. The standard InChI is InChI=1S/C36H38N4O2/c1-5-39(21-23-41-7-3)35-17-11-29(12-18-35)9-15-31-25-34(28-38)32(26-33(31)27-37)16-10-30-13-19-36(20-14-30)40(6-2)22-24-42-8-4/h7-20,25-26H,3-6,21-24H2,1-2H3/b15-9+,16-10+. The molecule has 0 aliphatic rings. The first kappa shape index (κ1) is 31.3. The predicted molar refractivity (Wildman–Crippen MR) is 175 cm³/mol. The van der Waals surface area contributed by atoms with Gasteiger partial charge < -0.3 is 19.3 Å². The van der Waals surface area contributed by atoms with E-state index in [1.165, 1.54) is 12.5 Å². The smallest absolute Gasteiger partial charge is 0.105 e. The number of likely N-dealkylation sites (N-methyl/N-ethyl adjacent to an activating group) is 2. The molecular weight excluding hydrogens is 520 g/mol. The summed E-state index contributed by atoms with van der Waals surface area (Å²) in [5.74, 6) is 0. The summed E-state index contributed by atoms with van der Waals surface area (Å²) < 4.78 is 10.5. The normalized spacial score (nSPS) is 10.7. The van der Waals surface area contributed by atoms with Crippen molar-refractivity contribution in [3.8, 4) is 12.1 Å². The molecule has 0 N–H and O–H groups in total. The van der Waals surface area contributed by atoms with Crippen molar-refractivity contribution >= 4 is 35.7 Å². The topological polar surface area (TPSA) is 72.5 Å². The van der Waals surface area contributed by atoms with Crippen molar-refractivity contribution < 1.29 is 9.47 Å². The Bertz CT molecular complexity index is 1350. The first-order valence-corrected chi connectivity index (χ1v) is 14.1. The fourth-order valence-corrected chi connectivity index (χ4v) is 4.50. The van der Waals surface area contributed by atoms with E-state index in [1.807, 2.05) is 48.6 Å². The van der Waals surface area contributed by atoms with Gasteiger partial charge in [0, 0.05) is 24.5 Å². The van der Waals surface area contributed by atoms with Crippen LogP contribution in [0.25, 0.3) is 24.3 Å². The van der Waals surface area contributed by atoms with Crippen molar-refractivity contribution in [1.82, 2.24) is 0 Å². The van der Waals surface area contributed by atoms with Gasteiger partial charge in [0.2, 0.25) is 0 Å². The molecule has 0 spiro atoms. The molecule has 0 bridgehead atoms. The zero-order valence-electron chi connectivity index (χ0n) is 24.5. The maximum absolute atomic E-state index is 9.85. The molecule has 6 heteroatoms. The van der Waals surface area contributed by atoms with Crippen LogP contribution in [0.4, 0.5) is 11.4 Å². The van der Waals surface area contributed by atoms with Crippen LogP contribution in [0.2, 0.25) is 0 Å². The molecule has 214 valence electrons. The van der Waals surface area contributed by atoms with E-state index in [4.69, 9.17) is 9.47 Å². The van der Waals surface area contributed by atoms with Gasteiger partial charge in [0.25, 0.3) is 0 Å². The zero-order valence-corrected chi connectivity index (χ0v) is 24.5. The molecule has 3 rings (SSSR count). The van der Waals surface area contributed by atoms with Crippen molar-refractivity contribution in [2.24, 2.45) is 0 Å². The van der Waals surface area contributed by atoms with Gasteiger partial charge in [0.15, 0.2) is 0 Å². The van der Waals surface area contributed by atoms with E-state index < -0.39 is 0 Å². The number of hydrogen-bond acceptors (Lipinski definition) is 6. The van der Waals surface area contributed by atoms with Crippen LogP contribution >= 0.6 is 0 Å². The molecule has 0 amide bonds. The van der Waals surface area contributed by atoms with Gasteiger partial charge in [-0.2, -0.15) is 10.5 Å². The summed E-state index contributed by atoms with van der Waals surface area (Å²) in [5.41, 5.74) is 6.65. The second-order valence-electron chi connectivity index (χ2n) is 9.33. The van der Waals surface area contributed by atoms with Crippen LogP contribution < -0.4 is 9.80 Å². The van der Waals surface area contributed by atoms with Gasteiger partial charge in [0.1, 0.15) is 13.2 Å². The van der Waals surface area contributed by atoms with E-state index in [-0.39, 0.29) is 0 Å². The third kappa shape index (κ3) is 8.91. The molecule has 0 saturated heterocycles. The number of benzene rings is 3. The van der Waals surface area contributed by atoms with Crippen LogP contribution in [0.3, 0.4) is 0 Å². The Hall–Kier alpha value is -5.20. The molecule has 3 aromatic carbocycles. The number of hydrogen-bond donors (Lipinski definition) is 0. The summed E-state index contributed by atoms with van der Waals surface area (Å²) in [6.45, 7) is 15.8. The van der Waals surface area contributed by atoms with Gasteiger partial charge in [-0.25, -0.2) is 0 Å². The van der Waals surface area contributed by atoms with Gasteiger partial charge in [-0.1, -0.05) is 61.7 Å². The molecule has 6 nitrogen and oxygen atoms in total. The van der Waals surface area contributed by atoms with Gasteiger partial charge in [0.05, 0.1) is 48.9 Å². The SMILES string of the molecule is C=COCCN(CC)c1ccc(/C=C/c2cc(C#N)c(/C=C/c3ccc(N(CC)CCOC=C)cc3)cc2C#N)cc1. The Morgan fingerprint density at radius 3 is 1.33 bits per heavy atom. The number of anilines is 2. The molecule has 0 heterocycles. The Balaban J connectivity index is 1.75. The lowest BCUT2D eigenvalue weighted by atomic mass is 9.97. The molecule has 0 fully saturated rings. The van der Waals surface area contributed by atoms with Crippen LogP contribution in [-0.2, 0) is 9.47 Å². The number of ether oxygens (including phenoxy) is 2. The van der Waals surface area contributed by atoms with Crippen molar-refractivity contribution in [1.29, 1.82) is 10.5 Å². The second-order valence-corrected chi connectivity index (χ2v) is 9.33. The minimum atomic E-state index is 0.511. The van der Waals surface area contributed by atoms with Crippen molar-refractivity contribution in [3.63, 3.8) is 0 Å². The van der Waals surface area contributed by atoms with E-state index in [9.17, 15) is 10.5 Å². The van der Waals surface area contributed by atoms with Crippen LogP contribution in [0, 0.1) is 22.7 Å². The van der Waals surface area contributed by atoms with E-state index in [2.05, 4.69) is 73.2 Å². The number of nitrogens with zero attached hydrogens (tertiary/aromatic N) is 4. The average molecular weight is 559 g/mol. The molecule has 0 unspecified atom stereocenters. The third-order valence-electron chi connectivity index (χ3n) is 6.85. The maximum atomic E-state index is 9.85. The molecule has 0 atom stereocenters. The Labute approximate surface area is 250 Å². The molecule has 0 aromatic heterocycles. The van der Waals surface area contributed by atoms with Gasteiger partial charge in [-0.3, -0.25) is 0 Å². The maximum Gasteiger partial charge on any atom is 0.105 e. The summed E-state index contributed by atoms with van der Waals surface area (Å²) in [4.78, 5) is 4.46. The Morgan fingerprint density at radius 1 is 0.643 bits per heavy atom. The van der Waals surface area contributed by atoms with Crippen LogP contribution in [0.5, 0.6) is 0 Å². The van der Waals surface area contributed by atoms with Gasteiger partial charge in [-0.15, -0.1) is 0 Å². The minimum Gasteiger partial charge on any atom is -0.500 e. The van der Waals surface area contributed by atoms with E-state index in [0.717, 1.165) is 48.7 Å². The van der Waals surface area contributed by atoms with Crippen molar-refractivity contribution in [2.45, 2.75) is 13.8 Å². The van der Waals surface area contributed by atoms with Gasteiger partial charge in [-0.05, 0) is 72.5 Å². The lowest BCUT2D eigenvalue weighted by Gasteiger charge is -2.22. The van der Waals surface area contributed by atoms with E-state index in [1.54, 1.807) is 12.1 Å². The van der Waals surface area contributed by atoms with E-state index in [0.29, 0.717) is 35.5 Å². The molecule has 0 aliphatic heterocycles. The summed E-state index contributed by atoms with van der Waals surface area (Å²) in [5, 5.41) is 19.7. The molecule has 0 radical (unpaired) electrons. The highest BCUT2D eigenvalue weighted by atomic mass is 16.5. The molecule has 42 heavy (non-hydrogen) atoms. The fraction of sp³-hybridized carbons (Fsp3) is 0.222. The van der Waals surface area contributed by atoms with Crippen molar-refractivity contribution in [2.75, 3.05) is 49.2 Å². The average Bonchev–Trinajstić information content (AvgIpc) is 3.03. The second kappa shape index (κ2) is 16.8. The molecule has 0 saturated carbocycles. The lowest BCUT2D eigenvalue weighted by Crippen LogP contribution is -2.26. The first-order valence-electron chi connectivity index (χ1n) is 14.1. The number of nitriles is 2. The van der Waals surface area contributed by atoms with Crippen LogP contribution in [0.15, 0.2) is 86.3 Å². The van der Waals surface area contributed by atoms with E-state index >= 15 is 0 Å². The first-order chi connectivity index (χ1) is 20.6. The third-order valence-corrected chi connectivity index (χ3v) is 6.85. The predicted octanol–water partition coefficient (Wildman–Crippen LogP) is 7.74. The van der Waals surface area contributed by atoms with Crippen LogP contribution in [-0.4, -0.2) is 39.4 Å². The number of rotatable bonds is 16. The fourth-order valence-electron chi connectivity index (χ4n) is 4.50. The monoisotopic (exact) mass is 558 g/mol. The van der Waals surface area contributed by atoms with Crippen LogP contribution in [0.1, 0.15) is 47.2 Å². The highest BCUT2D eigenvalue weighted by Crippen LogP contribution is 2.23. The Kier molecular flexibility index (Phi) is 12.5. The van der Waals surface area contributed by atoms with Gasteiger partial charge >= 0.3 is 0 Å². The summed E-state index contributed by atoms with van der Waals surface area (Å²) >= 11 is 0. The molecular formula is C36H38N4O2. The summed E-state index contributed by atoms with van der Waals surface area (Å²) in [6, 6.07) is 24.5. The Morgan fingerprint density at radius 2 is 1.02 bits per heavy atom. The highest BCUT2D eigenvalue weighted by molar-refractivity contribution is 5.79. The zero-order chi connectivity index (χ0) is 30.2. The minimum absolute atomic E-state index is 0.511. The summed E-state index contributed by atoms with van der Waals surface area (Å²) in [6.07, 6.45) is 10.6. The lowest BCUT2D eigenvalue weighted by molar-refractivity contribution is 0.258. The van der Waals surface area contributed by atoms with Crippen molar-refractivity contribution in [3.05, 3.63) is 120 Å². The molecule has 0 aliphatic carbocycles. The summed E-state index contributed by atoms with van der Waals surface area (Å²) in [7, 11) is 0. The quantitative estimate of drug-likeness (QED) is 0.102. The largest absolute Gasteiger partial charge is 0.500 e.